The highest BCUT2D eigenvalue weighted by Crippen LogP contribution is 2.28. The Labute approximate surface area is 148 Å². The first-order chi connectivity index (χ1) is 10.9. The van der Waals surface area contributed by atoms with Gasteiger partial charge in [0, 0.05) is 20.9 Å². The van der Waals surface area contributed by atoms with Gasteiger partial charge in [-0.2, -0.15) is 0 Å². The molecule has 2 aromatic carbocycles. The monoisotopic (exact) mass is 412 g/mol. The molecule has 0 amide bonds. The molecule has 0 saturated carbocycles. The summed E-state index contributed by atoms with van der Waals surface area (Å²) < 4.78 is 11.1. The molecule has 23 heavy (non-hydrogen) atoms. The van der Waals surface area contributed by atoms with Gasteiger partial charge < -0.3 is 9.15 Å². The quantitative estimate of drug-likeness (QED) is 0.334. The Kier molecular flexibility index (Phi) is 4.43. The number of carbonyl (C=O) groups excluding carboxylic acids is 1. The zero-order valence-electron chi connectivity index (χ0n) is 11.3. The van der Waals surface area contributed by atoms with Gasteiger partial charge in [-0.15, -0.1) is 0 Å². The third-order valence-corrected chi connectivity index (χ3v) is 4.05. The zero-order chi connectivity index (χ0) is 16.6. The topological polar surface area (TPSA) is 56.5 Å². The molecular formula is C16H7BrCl2O4. The third kappa shape index (κ3) is 3.42. The predicted molar refractivity (Wildman–Crippen MR) is 91.6 cm³/mol. The second-order valence-corrected chi connectivity index (χ2v) is 6.35. The van der Waals surface area contributed by atoms with Gasteiger partial charge in [0.05, 0.1) is 5.02 Å². The summed E-state index contributed by atoms with van der Waals surface area (Å²) in [6, 6.07) is 10.9. The lowest BCUT2D eigenvalue weighted by Gasteiger charge is -2.06. The minimum absolute atomic E-state index is 0.0675. The van der Waals surface area contributed by atoms with Crippen LogP contribution < -0.4 is 10.4 Å². The Morgan fingerprint density at radius 1 is 1.09 bits per heavy atom. The Bertz CT molecular complexity index is 981. The van der Waals surface area contributed by atoms with E-state index in [-0.39, 0.29) is 16.3 Å². The van der Waals surface area contributed by atoms with Crippen LogP contribution in [0.25, 0.3) is 11.0 Å². The molecule has 1 aromatic heterocycles. The van der Waals surface area contributed by atoms with Gasteiger partial charge >= 0.3 is 11.6 Å². The highest BCUT2D eigenvalue weighted by Gasteiger charge is 2.17. The molecule has 4 nitrogen and oxygen atoms in total. The van der Waals surface area contributed by atoms with Crippen molar-refractivity contribution < 1.29 is 13.9 Å². The van der Waals surface area contributed by atoms with E-state index < -0.39 is 11.6 Å². The van der Waals surface area contributed by atoms with Crippen molar-refractivity contribution in [2.45, 2.75) is 0 Å². The zero-order valence-corrected chi connectivity index (χ0v) is 14.4. The van der Waals surface area contributed by atoms with Crippen molar-refractivity contribution >= 4 is 56.1 Å². The number of halogens is 3. The van der Waals surface area contributed by atoms with Crippen molar-refractivity contribution in [2.24, 2.45) is 0 Å². The normalized spacial score (nSPS) is 10.7. The molecule has 0 aliphatic rings. The van der Waals surface area contributed by atoms with Crippen LogP contribution in [0, 0.1) is 0 Å². The number of carbonyl (C=O) groups is 1. The van der Waals surface area contributed by atoms with Crippen LogP contribution >= 0.6 is 39.1 Å². The van der Waals surface area contributed by atoms with Crippen molar-refractivity contribution in [3.8, 4) is 5.75 Å². The largest absolute Gasteiger partial charge is 0.422 e. The van der Waals surface area contributed by atoms with Crippen LogP contribution in [0.2, 0.25) is 10.0 Å². The lowest BCUT2D eigenvalue weighted by molar-refractivity contribution is 0.0730. The summed E-state index contributed by atoms with van der Waals surface area (Å²) in [6.45, 7) is 0. The molecule has 1 heterocycles. The minimum atomic E-state index is -0.871. The summed E-state index contributed by atoms with van der Waals surface area (Å²) in [5, 5.41) is 1.14. The van der Waals surface area contributed by atoms with E-state index in [1.807, 2.05) is 0 Å². The fourth-order valence-corrected chi connectivity index (χ4v) is 2.64. The lowest BCUT2D eigenvalue weighted by Crippen LogP contribution is -2.18. The molecule has 0 bridgehead atoms. The van der Waals surface area contributed by atoms with Crippen LogP contribution in [-0.4, -0.2) is 5.97 Å². The average Bonchev–Trinajstić information content (AvgIpc) is 2.50. The SMILES string of the molecule is O=C(Oc1cc(Cl)ccc1Cl)c1cc2cc(Br)ccc2oc1=O. The molecule has 7 heteroatoms. The smallest absolute Gasteiger partial charge is 0.351 e. The van der Waals surface area contributed by atoms with E-state index in [0.29, 0.717) is 16.0 Å². The fraction of sp³-hybridized carbons (Fsp3) is 0. The van der Waals surface area contributed by atoms with Crippen molar-refractivity contribution in [1.29, 1.82) is 0 Å². The Hall–Kier alpha value is -1.82. The number of benzene rings is 2. The average molecular weight is 414 g/mol. The van der Waals surface area contributed by atoms with Crippen LogP contribution in [0.15, 0.2) is 56.1 Å². The molecule has 0 saturated heterocycles. The maximum Gasteiger partial charge on any atom is 0.351 e. The summed E-state index contributed by atoms with van der Waals surface area (Å²) in [5.41, 5.74) is -0.648. The van der Waals surface area contributed by atoms with Crippen molar-refractivity contribution in [2.75, 3.05) is 0 Å². The van der Waals surface area contributed by atoms with E-state index in [0.717, 1.165) is 4.47 Å². The Morgan fingerprint density at radius 2 is 1.87 bits per heavy atom. The molecule has 0 radical (unpaired) electrons. The third-order valence-electron chi connectivity index (χ3n) is 3.01. The number of hydrogen-bond acceptors (Lipinski definition) is 4. The van der Waals surface area contributed by atoms with Gasteiger partial charge in [-0.25, -0.2) is 9.59 Å². The molecule has 116 valence electrons. The molecule has 0 atom stereocenters. The first kappa shape index (κ1) is 16.1. The second kappa shape index (κ2) is 6.35. The van der Waals surface area contributed by atoms with Gasteiger partial charge in [0.15, 0.2) is 5.75 Å². The van der Waals surface area contributed by atoms with Crippen LogP contribution in [0.5, 0.6) is 5.75 Å². The van der Waals surface area contributed by atoms with E-state index in [4.69, 9.17) is 32.4 Å². The molecule has 3 rings (SSSR count). The van der Waals surface area contributed by atoms with Crippen LogP contribution in [0.1, 0.15) is 10.4 Å². The molecular weight excluding hydrogens is 407 g/mol. The highest BCUT2D eigenvalue weighted by molar-refractivity contribution is 9.10. The Morgan fingerprint density at radius 3 is 2.65 bits per heavy atom. The number of hydrogen-bond donors (Lipinski definition) is 0. The molecule has 0 N–H and O–H groups in total. The molecule has 0 aliphatic heterocycles. The first-order valence-corrected chi connectivity index (χ1v) is 7.89. The molecule has 0 fully saturated rings. The predicted octanol–water partition coefficient (Wildman–Crippen LogP) is 5.08. The van der Waals surface area contributed by atoms with E-state index in [1.165, 1.54) is 18.2 Å². The number of ether oxygens (including phenoxy) is 1. The van der Waals surface area contributed by atoms with Gasteiger partial charge in [-0.3, -0.25) is 0 Å². The standard InChI is InChI=1S/C16H7BrCl2O4/c17-9-1-4-13-8(5-9)6-11(15(20)22-13)16(21)23-14-7-10(18)2-3-12(14)19/h1-7H. The van der Waals surface area contributed by atoms with Crippen LogP contribution in [-0.2, 0) is 0 Å². The fourth-order valence-electron chi connectivity index (χ4n) is 1.95. The van der Waals surface area contributed by atoms with E-state index in [2.05, 4.69) is 15.9 Å². The Balaban J connectivity index is 2.02. The summed E-state index contributed by atoms with van der Waals surface area (Å²) in [7, 11) is 0. The number of fused-ring (bicyclic) bond motifs is 1. The van der Waals surface area contributed by atoms with Crippen molar-refractivity contribution in [1.82, 2.24) is 0 Å². The van der Waals surface area contributed by atoms with E-state index >= 15 is 0 Å². The summed E-state index contributed by atoms with van der Waals surface area (Å²) in [6.07, 6.45) is 0. The van der Waals surface area contributed by atoms with Crippen LogP contribution in [0.3, 0.4) is 0 Å². The van der Waals surface area contributed by atoms with Gasteiger partial charge in [0.1, 0.15) is 11.1 Å². The van der Waals surface area contributed by atoms with Crippen molar-refractivity contribution in [3.05, 3.63) is 73.0 Å². The van der Waals surface area contributed by atoms with Gasteiger partial charge in [-0.1, -0.05) is 39.1 Å². The maximum atomic E-state index is 12.2. The molecule has 3 aromatic rings. The second-order valence-electron chi connectivity index (χ2n) is 4.59. The van der Waals surface area contributed by atoms with Crippen molar-refractivity contribution in [3.63, 3.8) is 0 Å². The lowest BCUT2D eigenvalue weighted by atomic mass is 10.2. The van der Waals surface area contributed by atoms with Crippen LogP contribution in [0.4, 0.5) is 0 Å². The summed E-state index contributed by atoms with van der Waals surface area (Å²) in [5.74, 6) is -0.803. The summed E-state index contributed by atoms with van der Waals surface area (Å²) >= 11 is 15.1. The summed E-state index contributed by atoms with van der Waals surface area (Å²) in [4.78, 5) is 24.2. The maximum absolute atomic E-state index is 12.2. The van der Waals surface area contributed by atoms with Gasteiger partial charge in [-0.05, 0) is 36.4 Å². The molecule has 0 unspecified atom stereocenters. The van der Waals surface area contributed by atoms with E-state index in [1.54, 1.807) is 24.3 Å². The van der Waals surface area contributed by atoms with Gasteiger partial charge in [0.2, 0.25) is 0 Å². The highest BCUT2D eigenvalue weighted by atomic mass is 79.9. The minimum Gasteiger partial charge on any atom is -0.422 e. The molecule has 0 aliphatic carbocycles. The first-order valence-electron chi connectivity index (χ1n) is 6.35. The number of rotatable bonds is 2. The number of esters is 1. The van der Waals surface area contributed by atoms with Gasteiger partial charge in [0.25, 0.3) is 0 Å². The molecule has 0 spiro atoms. The van der Waals surface area contributed by atoms with E-state index in [9.17, 15) is 9.59 Å².